The molecule has 4 rings (SSSR count). The van der Waals surface area contributed by atoms with Gasteiger partial charge in [0.25, 0.3) is 5.91 Å². The predicted molar refractivity (Wildman–Crippen MR) is 142 cm³/mol. The number of carbonyl (C=O) groups is 2. The summed E-state index contributed by atoms with van der Waals surface area (Å²) >= 11 is 0. The van der Waals surface area contributed by atoms with Gasteiger partial charge in [-0.05, 0) is 63.8 Å². The molecular formula is C27H32FN7O4. The Morgan fingerprint density at radius 3 is 2.67 bits per heavy atom. The smallest absolute Gasteiger partial charge is 0.407 e. The summed E-state index contributed by atoms with van der Waals surface area (Å²) in [6.07, 6.45) is 3.33. The number of nitrogens with zero attached hydrogens (tertiary/aromatic N) is 4. The second-order valence-electron chi connectivity index (χ2n) is 10.1. The van der Waals surface area contributed by atoms with Gasteiger partial charge in [0.1, 0.15) is 18.3 Å². The number of anilines is 1. The highest BCUT2D eigenvalue weighted by Gasteiger charge is 2.28. The first-order valence-corrected chi connectivity index (χ1v) is 12.8. The summed E-state index contributed by atoms with van der Waals surface area (Å²) in [7, 11) is 1.52. The molecule has 0 saturated heterocycles. The van der Waals surface area contributed by atoms with E-state index in [0.717, 1.165) is 5.52 Å². The van der Waals surface area contributed by atoms with Gasteiger partial charge >= 0.3 is 6.09 Å². The number of alkyl carbamates (subject to hydrolysis) is 1. The highest BCUT2D eigenvalue weighted by molar-refractivity contribution is 6.00. The minimum absolute atomic E-state index is 0.00186. The van der Waals surface area contributed by atoms with Gasteiger partial charge in [-0.15, -0.1) is 0 Å². The molecule has 0 unspecified atom stereocenters. The zero-order valence-corrected chi connectivity index (χ0v) is 22.1. The van der Waals surface area contributed by atoms with Crippen LogP contribution in [0.5, 0.6) is 0 Å². The van der Waals surface area contributed by atoms with Crippen molar-refractivity contribution >= 4 is 23.2 Å². The van der Waals surface area contributed by atoms with Gasteiger partial charge in [0.05, 0.1) is 52.1 Å². The summed E-state index contributed by atoms with van der Waals surface area (Å²) in [4.78, 5) is 29.1. The van der Waals surface area contributed by atoms with Crippen molar-refractivity contribution in [3.8, 4) is 17.5 Å². The molecular weight excluding hydrogens is 505 g/mol. The number of fused-ring (bicyclic) bond motifs is 1. The molecule has 11 nitrogen and oxygen atoms in total. The van der Waals surface area contributed by atoms with Crippen molar-refractivity contribution in [1.29, 1.82) is 5.26 Å². The minimum atomic E-state index is -1.66. The Labute approximate surface area is 225 Å². The second-order valence-corrected chi connectivity index (χ2v) is 10.1. The molecule has 3 aromatic rings. The zero-order chi connectivity index (χ0) is 28.2. The molecule has 1 fully saturated rings. The quantitative estimate of drug-likeness (QED) is 0.342. The van der Waals surface area contributed by atoms with Crippen LogP contribution >= 0.6 is 0 Å². The zero-order valence-electron chi connectivity index (χ0n) is 22.1. The van der Waals surface area contributed by atoms with Crippen molar-refractivity contribution in [1.82, 2.24) is 25.2 Å². The van der Waals surface area contributed by atoms with Crippen LogP contribution in [0.15, 0.2) is 36.7 Å². The van der Waals surface area contributed by atoms with E-state index >= 15 is 0 Å². The monoisotopic (exact) mass is 537 g/mol. The molecule has 0 radical (unpaired) electrons. The average Bonchev–Trinajstić information content (AvgIpc) is 3.35. The number of aromatic nitrogens is 3. The topological polar surface area (TPSA) is 154 Å². The number of halogens is 1. The van der Waals surface area contributed by atoms with Crippen molar-refractivity contribution in [3.05, 3.63) is 47.8 Å². The van der Waals surface area contributed by atoms with Crippen LogP contribution in [0.1, 0.15) is 55.5 Å². The fraction of sp³-hybridized carbons (Fsp3) is 0.444. The summed E-state index contributed by atoms with van der Waals surface area (Å²) in [6, 6.07) is 9.18. The number of amides is 2. The second kappa shape index (κ2) is 11.7. The fourth-order valence-electron chi connectivity index (χ4n) is 4.43. The standard InChI is InChI=1S/C27H32FN7O4/c1-27(2,38)24(28)15-32-25(36)20-14-31-22(23-9-6-18-10-16(12-29)13-33-35(18)23)11-21(20)34-17-4-7-19(8-5-17)39-26(37)30-3/h6,9-11,13-14,17,19,24,38H,4-5,7-8,15H2,1-3H3,(H,30,37)(H,31,34)(H,32,36)/t17?,19?,24-/m1/s1. The number of carbonyl (C=O) groups excluding carboxylic acids is 2. The number of alkyl halides is 1. The van der Waals surface area contributed by atoms with E-state index in [1.807, 2.05) is 12.1 Å². The Morgan fingerprint density at radius 1 is 1.26 bits per heavy atom. The molecule has 3 heterocycles. The normalized spacial score (nSPS) is 18.2. The van der Waals surface area contributed by atoms with E-state index in [2.05, 4.69) is 32.1 Å². The number of ether oxygens (including phenoxy) is 1. The maximum absolute atomic E-state index is 14.3. The third-order valence-corrected chi connectivity index (χ3v) is 6.76. The number of rotatable bonds is 8. The number of aliphatic hydroxyl groups is 1. The maximum Gasteiger partial charge on any atom is 0.407 e. The van der Waals surface area contributed by atoms with Gasteiger partial charge in [-0.1, -0.05) is 0 Å². The predicted octanol–water partition coefficient (Wildman–Crippen LogP) is 3.19. The van der Waals surface area contributed by atoms with E-state index in [9.17, 15) is 19.1 Å². The van der Waals surface area contributed by atoms with Gasteiger partial charge in [0.15, 0.2) is 0 Å². The lowest BCUT2D eigenvalue weighted by molar-refractivity contribution is -0.00178. The number of nitriles is 1. The van der Waals surface area contributed by atoms with E-state index in [4.69, 9.17) is 10.00 Å². The Balaban J connectivity index is 1.59. The summed E-state index contributed by atoms with van der Waals surface area (Å²) < 4.78 is 21.3. The summed E-state index contributed by atoms with van der Waals surface area (Å²) in [5.41, 5.74) is 1.50. The van der Waals surface area contributed by atoms with Crippen molar-refractivity contribution in [3.63, 3.8) is 0 Å². The highest BCUT2D eigenvalue weighted by Crippen LogP contribution is 2.29. The van der Waals surface area contributed by atoms with Crippen LogP contribution in [0.3, 0.4) is 0 Å². The molecule has 1 aliphatic rings. The van der Waals surface area contributed by atoms with E-state index < -0.39 is 23.8 Å². The maximum atomic E-state index is 14.3. The van der Waals surface area contributed by atoms with Gasteiger partial charge in [0, 0.05) is 19.3 Å². The van der Waals surface area contributed by atoms with E-state index in [-0.39, 0.29) is 24.3 Å². The molecule has 1 atom stereocenters. The lowest BCUT2D eigenvalue weighted by Gasteiger charge is -2.30. The number of nitrogens with one attached hydrogen (secondary N) is 3. The van der Waals surface area contributed by atoms with Crippen molar-refractivity contribution < 1.29 is 23.8 Å². The first-order chi connectivity index (χ1) is 18.6. The Hall–Kier alpha value is -4.24. The first-order valence-electron chi connectivity index (χ1n) is 12.8. The summed E-state index contributed by atoms with van der Waals surface area (Å²) in [6.45, 7) is 2.32. The van der Waals surface area contributed by atoms with Gasteiger partial charge in [-0.25, -0.2) is 13.7 Å². The van der Waals surface area contributed by atoms with Gasteiger partial charge in [-0.2, -0.15) is 10.4 Å². The van der Waals surface area contributed by atoms with Crippen LogP contribution < -0.4 is 16.0 Å². The fourth-order valence-corrected chi connectivity index (χ4v) is 4.43. The van der Waals surface area contributed by atoms with E-state index in [1.165, 1.54) is 33.3 Å². The van der Waals surface area contributed by atoms with Crippen LogP contribution in [-0.4, -0.2) is 69.2 Å². The first kappa shape index (κ1) is 27.8. The third kappa shape index (κ3) is 6.61. The lowest BCUT2D eigenvalue weighted by Crippen LogP contribution is -2.42. The third-order valence-electron chi connectivity index (χ3n) is 6.76. The molecule has 2 amide bonds. The Kier molecular flexibility index (Phi) is 8.30. The molecule has 0 bridgehead atoms. The van der Waals surface area contributed by atoms with Gasteiger partial charge in [0.2, 0.25) is 0 Å². The molecule has 0 aliphatic heterocycles. The van der Waals surface area contributed by atoms with Gasteiger partial charge < -0.3 is 25.8 Å². The minimum Gasteiger partial charge on any atom is -0.446 e. The average molecular weight is 538 g/mol. The summed E-state index contributed by atoms with van der Waals surface area (Å²) in [5.74, 6) is -0.531. The molecule has 0 spiro atoms. The molecule has 3 aromatic heterocycles. The largest absolute Gasteiger partial charge is 0.446 e. The molecule has 1 saturated carbocycles. The Morgan fingerprint density at radius 2 is 2.00 bits per heavy atom. The van der Waals surface area contributed by atoms with E-state index in [0.29, 0.717) is 48.3 Å². The van der Waals surface area contributed by atoms with Crippen molar-refractivity contribution in [2.24, 2.45) is 0 Å². The van der Waals surface area contributed by atoms with E-state index in [1.54, 1.807) is 16.6 Å². The summed E-state index contributed by atoms with van der Waals surface area (Å²) in [5, 5.41) is 31.8. The van der Waals surface area contributed by atoms with Gasteiger partial charge in [-0.3, -0.25) is 9.78 Å². The Bertz CT molecular complexity index is 1390. The molecule has 12 heteroatoms. The van der Waals surface area contributed by atoms with Crippen molar-refractivity contribution in [2.75, 3.05) is 18.9 Å². The SMILES string of the molecule is CNC(=O)OC1CCC(Nc2cc(-c3ccc4cc(C#N)cnn34)ncc2C(=O)NC[C@@H](F)C(C)(C)O)CC1. The highest BCUT2D eigenvalue weighted by atomic mass is 19.1. The lowest BCUT2D eigenvalue weighted by atomic mass is 9.92. The number of pyridine rings is 1. The van der Waals surface area contributed by atoms with Crippen LogP contribution in [0, 0.1) is 11.3 Å². The molecule has 4 N–H and O–H groups in total. The van der Waals surface area contributed by atoms with Crippen LogP contribution in [0.4, 0.5) is 14.9 Å². The van der Waals surface area contributed by atoms with Crippen molar-refractivity contribution in [2.45, 2.75) is 63.4 Å². The number of hydrogen-bond donors (Lipinski definition) is 4. The number of hydrogen-bond acceptors (Lipinski definition) is 8. The van der Waals surface area contributed by atoms with Crippen LogP contribution in [0.25, 0.3) is 16.9 Å². The molecule has 1 aliphatic carbocycles. The van der Waals surface area contributed by atoms with Crippen LogP contribution in [0.2, 0.25) is 0 Å². The molecule has 206 valence electrons. The van der Waals surface area contributed by atoms with Crippen LogP contribution in [-0.2, 0) is 4.74 Å². The molecule has 0 aromatic carbocycles. The molecule has 39 heavy (non-hydrogen) atoms.